The molecule has 0 unspecified atom stereocenters. The van der Waals surface area contributed by atoms with Gasteiger partial charge in [0.25, 0.3) is 11.5 Å². The maximum absolute atomic E-state index is 12.9. The van der Waals surface area contributed by atoms with E-state index >= 15 is 0 Å². The zero-order valence-electron chi connectivity index (χ0n) is 15.3. The van der Waals surface area contributed by atoms with Gasteiger partial charge in [-0.3, -0.25) is 14.4 Å². The molecule has 7 nitrogen and oxygen atoms in total. The Bertz CT molecular complexity index is 921. The number of amides is 1. The van der Waals surface area contributed by atoms with Crippen molar-refractivity contribution in [2.45, 2.75) is 19.4 Å². The topological polar surface area (TPSA) is 88.8 Å². The van der Waals surface area contributed by atoms with Crippen LogP contribution in [0.3, 0.4) is 0 Å². The summed E-state index contributed by atoms with van der Waals surface area (Å²) in [4.78, 5) is 38.2. The van der Waals surface area contributed by atoms with Crippen molar-refractivity contribution < 1.29 is 19.4 Å². The van der Waals surface area contributed by atoms with E-state index in [0.29, 0.717) is 12.3 Å². The first kappa shape index (κ1) is 18.7. The smallest absolute Gasteiger partial charge is 0.308 e. The SMILES string of the molecule is CCn1ccc(C(=O)N2C[C@@H](C(=O)O)[C@H](c3ccccc3OC)C2)cc1=O. The van der Waals surface area contributed by atoms with Crippen LogP contribution in [-0.2, 0) is 11.3 Å². The van der Waals surface area contributed by atoms with E-state index in [1.54, 1.807) is 18.3 Å². The van der Waals surface area contributed by atoms with Gasteiger partial charge in [-0.15, -0.1) is 0 Å². The Balaban J connectivity index is 1.90. The number of carbonyl (C=O) groups excluding carboxylic acids is 1. The second-order valence-electron chi connectivity index (χ2n) is 6.54. The lowest BCUT2D eigenvalue weighted by molar-refractivity contribution is -0.141. The zero-order valence-corrected chi connectivity index (χ0v) is 15.3. The van der Waals surface area contributed by atoms with Gasteiger partial charge < -0.3 is 19.3 Å². The van der Waals surface area contributed by atoms with Gasteiger partial charge in [0.2, 0.25) is 0 Å². The highest BCUT2D eigenvalue weighted by molar-refractivity contribution is 5.94. The minimum atomic E-state index is -0.956. The van der Waals surface area contributed by atoms with Crippen LogP contribution in [0.15, 0.2) is 47.4 Å². The molecule has 7 heteroatoms. The Labute approximate surface area is 156 Å². The average molecular weight is 370 g/mol. The van der Waals surface area contributed by atoms with Crippen LogP contribution in [0.1, 0.15) is 28.8 Å². The van der Waals surface area contributed by atoms with Crippen molar-refractivity contribution in [1.29, 1.82) is 0 Å². The number of aryl methyl sites for hydroxylation is 1. The molecular weight excluding hydrogens is 348 g/mol. The normalized spacial score (nSPS) is 19.1. The van der Waals surface area contributed by atoms with Crippen LogP contribution in [0.2, 0.25) is 0 Å². The predicted molar refractivity (Wildman–Crippen MR) is 99.1 cm³/mol. The van der Waals surface area contributed by atoms with Gasteiger partial charge in [0.1, 0.15) is 5.75 Å². The maximum Gasteiger partial charge on any atom is 0.308 e. The van der Waals surface area contributed by atoms with Crippen LogP contribution in [0.25, 0.3) is 0 Å². The maximum atomic E-state index is 12.9. The van der Waals surface area contributed by atoms with Crippen molar-refractivity contribution >= 4 is 11.9 Å². The molecule has 0 saturated carbocycles. The predicted octanol–water partition coefficient (Wildman–Crippen LogP) is 1.82. The summed E-state index contributed by atoms with van der Waals surface area (Å²) in [7, 11) is 1.54. The fraction of sp³-hybridized carbons (Fsp3) is 0.350. The highest BCUT2D eigenvalue weighted by Crippen LogP contribution is 2.38. The summed E-state index contributed by atoms with van der Waals surface area (Å²) >= 11 is 0. The molecule has 2 heterocycles. The third-order valence-electron chi connectivity index (χ3n) is 5.05. The third kappa shape index (κ3) is 3.58. The molecule has 0 radical (unpaired) electrons. The first-order chi connectivity index (χ1) is 13.0. The Morgan fingerprint density at radius 3 is 2.59 bits per heavy atom. The number of aromatic nitrogens is 1. The number of ether oxygens (including phenoxy) is 1. The summed E-state index contributed by atoms with van der Waals surface area (Å²) in [5, 5.41) is 9.66. The summed E-state index contributed by atoms with van der Waals surface area (Å²) in [6.45, 7) is 2.72. The van der Waals surface area contributed by atoms with Crippen LogP contribution in [0.4, 0.5) is 0 Å². The molecule has 1 aliphatic rings. The van der Waals surface area contributed by atoms with Gasteiger partial charge in [-0.1, -0.05) is 18.2 Å². The summed E-state index contributed by atoms with van der Waals surface area (Å²) in [6.07, 6.45) is 1.58. The first-order valence-corrected chi connectivity index (χ1v) is 8.81. The van der Waals surface area contributed by atoms with E-state index in [1.165, 1.54) is 22.6 Å². The number of pyridine rings is 1. The number of hydrogen-bond acceptors (Lipinski definition) is 4. The summed E-state index contributed by atoms with van der Waals surface area (Å²) < 4.78 is 6.87. The minimum Gasteiger partial charge on any atom is -0.496 e. The number of nitrogens with zero attached hydrogens (tertiary/aromatic N) is 2. The van der Waals surface area contributed by atoms with Gasteiger partial charge >= 0.3 is 5.97 Å². The molecule has 142 valence electrons. The molecule has 0 aliphatic carbocycles. The number of rotatable bonds is 5. The van der Waals surface area contributed by atoms with Crippen molar-refractivity contribution in [3.63, 3.8) is 0 Å². The van der Waals surface area contributed by atoms with E-state index in [2.05, 4.69) is 0 Å². The Morgan fingerprint density at radius 1 is 1.22 bits per heavy atom. The lowest BCUT2D eigenvalue weighted by Crippen LogP contribution is -2.31. The van der Waals surface area contributed by atoms with E-state index < -0.39 is 11.9 Å². The summed E-state index contributed by atoms with van der Waals surface area (Å²) in [5.41, 5.74) is 0.789. The fourth-order valence-electron chi connectivity index (χ4n) is 3.59. The number of carbonyl (C=O) groups is 2. The number of methoxy groups -OCH3 is 1. The molecular formula is C20H22N2O5. The fourth-order valence-corrected chi connectivity index (χ4v) is 3.59. The van der Waals surface area contributed by atoms with Crippen molar-refractivity contribution in [1.82, 2.24) is 9.47 Å². The molecule has 1 amide bonds. The van der Waals surface area contributed by atoms with Gasteiger partial charge in [-0.2, -0.15) is 0 Å². The molecule has 2 aromatic rings. The summed E-state index contributed by atoms with van der Waals surface area (Å²) in [5.74, 6) is -1.80. The van der Waals surface area contributed by atoms with Crippen molar-refractivity contribution in [2.24, 2.45) is 5.92 Å². The van der Waals surface area contributed by atoms with Gasteiger partial charge in [-0.25, -0.2) is 0 Å². The van der Waals surface area contributed by atoms with Gasteiger partial charge in [0.15, 0.2) is 0 Å². The van der Waals surface area contributed by atoms with Gasteiger partial charge in [0, 0.05) is 43.4 Å². The molecule has 1 aromatic carbocycles. The molecule has 1 saturated heterocycles. The number of para-hydroxylation sites is 1. The van der Waals surface area contributed by atoms with E-state index in [1.807, 2.05) is 25.1 Å². The minimum absolute atomic E-state index is 0.0910. The number of carboxylic acid groups (broad SMARTS) is 1. The van der Waals surface area contributed by atoms with Crippen LogP contribution in [0.5, 0.6) is 5.75 Å². The van der Waals surface area contributed by atoms with E-state index in [-0.39, 0.29) is 36.0 Å². The lowest BCUT2D eigenvalue weighted by atomic mass is 9.88. The Kier molecular flexibility index (Phi) is 5.30. The molecule has 2 atom stereocenters. The number of carboxylic acids is 1. The van der Waals surface area contributed by atoms with Crippen molar-refractivity contribution in [3.8, 4) is 5.75 Å². The number of hydrogen-bond donors (Lipinski definition) is 1. The molecule has 1 N–H and O–H groups in total. The molecule has 1 aromatic heterocycles. The summed E-state index contributed by atoms with van der Waals surface area (Å²) in [6, 6.07) is 10.2. The van der Waals surface area contributed by atoms with Crippen molar-refractivity contribution in [3.05, 3.63) is 64.1 Å². The van der Waals surface area contributed by atoms with Crippen LogP contribution in [-0.4, -0.2) is 46.6 Å². The van der Waals surface area contributed by atoms with Crippen LogP contribution >= 0.6 is 0 Å². The third-order valence-corrected chi connectivity index (χ3v) is 5.05. The lowest BCUT2D eigenvalue weighted by Gasteiger charge is -2.18. The standard InChI is InChI=1S/C20H22N2O5/c1-3-21-9-8-13(10-18(21)23)19(24)22-11-15(16(12-22)20(25)26)14-6-4-5-7-17(14)27-2/h4-10,15-16H,3,11-12H2,1-2H3,(H,25,26)/t15-,16+/m0/s1. The monoisotopic (exact) mass is 370 g/mol. The van der Waals surface area contributed by atoms with Gasteiger partial charge in [0.05, 0.1) is 13.0 Å². The molecule has 27 heavy (non-hydrogen) atoms. The Morgan fingerprint density at radius 2 is 1.96 bits per heavy atom. The molecule has 3 rings (SSSR count). The highest BCUT2D eigenvalue weighted by Gasteiger charge is 2.41. The van der Waals surface area contributed by atoms with Crippen LogP contribution < -0.4 is 10.3 Å². The Hall–Kier alpha value is -3.09. The number of aliphatic carboxylic acids is 1. The van der Waals surface area contributed by atoms with E-state index in [9.17, 15) is 19.5 Å². The quantitative estimate of drug-likeness (QED) is 0.867. The molecule has 1 aliphatic heterocycles. The molecule has 0 bridgehead atoms. The number of benzene rings is 1. The highest BCUT2D eigenvalue weighted by atomic mass is 16.5. The van der Waals surface area contributed by atoms with Crippen LogP contribution in [0, 0.1) is 5.92 Å². The molecule has 0 spiro atoms. The second-order valence-corrected chi connectivity index (χ2v) is 6.54. The average Bonchev–Trinajstić information content (AvgIpc) is 3.12. The zero-order chi connectivity index (χ0) is 19.6. The second kappa shape index (κ2) is 7.65. The van der Waals surface area contributed by atoms with Gasteiger partial charge in [-0.05, 0) is 24.6 Å². The van der Waals surface area contributed by atoms with Crippen molar-refractivity contribution in [2.75, 3.05) is 20.2 Å². The number of likely N-dealkylation sites (tertiary alicyclic amines) is 1. The van der Waals surface area contributed by atoms with E-state index in [4.69, 9.17) is 4.74 Å². The largest absolute Gasteiger partial charge is 0.496 e. The first-order valence-electron chi connectivity index (χ1n) is 8.81. The molecule has 1 fully saturated rings. The van der Waals surface area contributed by atoms with E-state index in [0.717, 1.165) is 5.56 Å².